The second-order valence-electron chi connectivity index (χ2n) is 3.28. The lowest BCUT2D eigenvalue weighted by atomic mass is 10.1. The molecule has 1 aromatic rings. The summed E-state index contributed by atoms with van der Waals surface area (Å²) in [4.78, 5) is 21.6. The van der Waals surface area contributed by atoms with Gasteiger partial charge in [0, 0.05) is 13.3 Å². The van der Waals surface area contributed by atoms with Crippen molar-refractivity contribution in [3.63, 3.8) is 0 Å². The molecule has 0 heterocycles. The Bertz CT molecular complexity index is 354. The van der Waals surface area contributed by atoms with Crippen molar-refractivity contribution in [3.05, 3.63) is 35.9 Å². The number of amides is 1. The van der Waals surface area contributed by atoms with Gasteiger partial charge in [0.25, 0.3) is 0 Å². The van der Waals surface area contributed by atoms with Crippen molar-refractivity contribution in [3.8, 4) is 0 Å². The quantitative estimate of drug-likeness (QED) is 0.422. The molecule has 1 amide bonds. The molecule has 1 rings (SSSR count). The Morgan fingerprint density at radius 3 is 2.24 bits per heavy atom. The fourth-order valence-corrected chi connectivity index (χ4v) is 1.30. The van der Waals surface area contributed by atoms with Crippen molar-refractivity contribution in [2.45, 2.75) is 19.4 Å². The maximum Gasteiger partial charge on any atom is 0.326 e. The van der Waals surface area contributed by atoms with E-state index in [9.17, 15) is 9.59 Å². The fraction of sp³-hybridized carbons (Fsp3) is 0.273. The van der Waals surface area contributed by atoms with E-state index in [4.69, 9.17) is 5.11 Å². The summed E-state index contributed by atoms with van der Waals surface area (Å²) in [6.07, 6.45) is 0.301. The third kappa shape index (κ3) is 6.29. The van der Waals surface area contributed by atoms with Gasteiger partial charge in [-0.05, 0) is 5.56 Å². The lowest BCUT2D eigenvalue weighted by molar-refractivity contribution is -0.141. The third-order valence-electron chi connectivity index (χ3n) is 1.96. The molecular formula is C11H17N3O3. The summed E-state index contributed by atoms with van der Waals surface area (Å²) in [5, 5.41) is 11.3. The first kappa shape index (κ1) is 15.1. The van der Waals surface area contributed by atoms with Crippen LogP contribution in [0.4, 0.5) is 0 Å². The van der Waals surface area contributed by atoms with Gasteiger partial charge in [-0.1, -0.05) is 30.3 Å². The highest BCUT2D eigenvalue weighted by Crippen LogP contribution is 2.03. The van der Waals surface area contributed by atoms with Crippen molar-refractivity contribution in [1.82, 2.24) is 5.32 Å². The molecule has 0 radical (unpaired) electrons. The van der Waals surface area contributed by atoms with E-state index in [1.54, 1.807) is 0 Å². The zero-order chi connectivity index (χ0) is 13.3. The highest BCUT2D eigenvalue weighted by atomic mass is 16.4. The van der Waals surface area contributed by atoms with E-state index in [1.165, 1.54) is 6.92 Å². The van der Waals surface area contributed by atoms with Crippen LogP contribution < -0.4 is 17.0 Å². The first-order valence-electron chi connectivity index (χ1n) is 4.97. The van der Waals surface area contributed by atoms with Crippen molar-refractivity contribution in [1.29, 1.82) is 0 Å². The topological polar surface area (TPSA) is 118 Å². The molecule has 94 valence electrons. The van der Waals surface area contributed by atoms with E-state index in [1.807, 2.05) is 30.3 Å². The molecule has 0 saturated heterocycles. The zero-order valence-corrected chi connectivity index (χ0v) is 9.59. The van der Waals surface area contributed by atoms with Gasteiger partial charge in [-0.15, -0.1) is 0 Å². The number of aliphatic carboxylic acids is 1. The molecule has 0 aliphatic carbocycles. The van der Waals surface area contributed by atoms with Gasteiger partial charge in [-0.2, -0.15) is 0 Å². The van der Waals surface area contributed by atoms with Gasteiger partial charge in [0.2, 0.25) is 5.91 Å². The molecule has 0 aliphatic heterocycles. The minimum absolute atomic E-state index is 0.301. The predicted octanol–water partition coefficient (Wildman–Crippen LogP) is -0.363. The monoisotopic (exact) mass is 239 g/mol. The third-order valence-corrected chi connectivity index (χ3v) is 1.96. The zero-order valence-electron chi connectivity index (χ0n) is 9.59. The van der Waals surface area contributed by atoms with Gasteiger partial charge in [-0.3, -0.25) is 16.5 Å². The fourth-order valence-electron chi connectivity index (χ4n) is 1.30. The molecule has 0 saturated carbocycles. The number of hydrogen-bond acceptors (Lipinski definition) is 4. The first-order chi connectivity index (χ1) is 8.09. The van der Waals surface area contributed by atoms with E-state index in [-0.39, 0.29) is 5.91 Å². The first-order valence-corrected chi connectivity index (χ1v) is 4.97. The second kappa shape index (κ2) is 8.26. The molecule has 0 aromatic heterocycles. The predicted molar refractivity (Wildman–Crippen MR) is 63.8 cm³/mol. The molecule has 1 aromatic carbocycles. The lowest BCUT2D eigenvalue weighted by Crippen LogP contribution is -2.41. The molecule has 17 heavy (non-hydrogen) atoms. The number of benzene rings is 1. The van der Waals surface area contributed by atoms with Gasteiger partial charge in [-0.25, -0.2) is 4.79 Å². The molecule has 0 unspecified atom stereocenters. The maximum atomic E-state index is 10.8. The van der Waals surface area contributed by atoms with Crippen LogP contribution in [0.3, 0.4) is 0 Å². The molecule has 1 atom stereocenters. The van der Waals surface area contributed by atoms with Crippen molar-refractivity contribution >= 4 is 11.9 Å². The van der Waals surface area contributed by atoms with E-state index < -0.39 is 12.0 Å². The summed E-state index contributed by atoms with van der Waals surface area (Å²) in [5.74, 6) is 6.65. The number of carbonyl (C=O) groups excluding carboxylic acids is 1. The largest absolute Gasteiger partial charge is 0.480 e. The van der Waals surface area contributed by atoms with Crippen LogP contribution in [0.15, 0.2) is 30.3 Å². The molecule has 0 aliphatic rings. The van der Waals surface area contributed by atoms with E-state index in [2.05, 4.69) is 17.0 Å². The highest BCUT2D eigenvalue weighted by molar-refractivity contribution is 5.82. The van der Waals surface area contributed by atoms with Gasteiger partial charge >= 0.3 is 5.97 Å². The summed E-state index contributed by atoms with van der Waals surface area (Å²) in [5.41, 5.74) is 0.888. The Kier molecular flexibility index (Phi) is 7.32. The molecule has 0 spiro atoms. The molecule has 6 N–H and O–H groups in total. The van der Waals surface area contributed by atoms with Crippen molar-refractivity contribution in [2.24, 2.45) is 11.7 Å². The Balaban J connectivity index is 0.00000121. The van der Waals surface area contributed by atoms with Crippen LogP contribution in [0.5, 0.6) is 0 Å². The molecule has 6 heteroatoms. The normalized spacial score (nSPS) is 10.8. The lowest BCUT2D eigenvalue weighted by Gasteiger charge is -2.12. The molecule has 0 bridgehead atoms. The SMILES string of the molecule is CC(=O)N[C@@H](Cc1ccccc1)C(=O)O.NN. The van der Waals surface area contributed by atoms with Gasteiger partial charge in [0.15, 0.2) is 0 Å². The minimum Gasteiger partial charge on any atom is -0.480 e. The number of rotatable bonds is 4. The van der Waals surface area contributed by atoms with E-state index in [0.29, 0.717) is 6.42 Å². The van der Waals surface area contributed by atoms with Gasteiger partial charge < -0.3 is 10.4 Å². The Morgan fingerprint density at radius 1 is 1.29 bits per heavy atom. The molecule has 6 nitrogen and oxygen atoms in total. The summed E-state index contributed by atoms with van der Waals surface area (Å²) in [6.45, 7) is 1.31. The number of carboxylic acid groups (broad SMARTS) is 1. The van der Waals surface area contributed by atoms with Crippen LogP contribution in [-0.2, 0) is 16.0 Å². The Hall–Kier alpha value is -1.92. The van der Waals surface area contributed by atoms with E-state index >= 15 is 0 Å². The molecule has 0 fully saturated rings. The van der Waals surface area contributed by atoms with Crippen LogP contribution in [-0.4, -0.2) is 23.0 Å². The summed E-state index contributed by atoms with van der Waals surface area (Å²) in [6, 6.07) is 8.34. The number of hydrogen-bond donors (Lipinski definition) is 4. The number of nitrogens with two attached hydrogens (primary N) is 2. The highest BCUT2D eigenvalue weighted by Gasteiger charge is 2.18. The minimum atomic E-state index is -1.02. The van der Waals surface area contributed by atoms with Crippen LogP contribution in [0, 0.1) is 0 Å². The average molecular weight is 239 g/mol. The Labute approximate surface area is 99.6 Å². The number of hydrazine groups is 1. The number of nitrogens with one attached hydrogen (secondary N) is 1. The van der Waals surface area contributed by atoms with Crippen LogP contribution in [0.1, 0.15) is 12.5 Å². The smallest absolute Gasteiger partial charge is 0.326 e. The van der Waals surface area contributed by atoms with Crippen LogP contribution >= 0.6 is 0 Å². The molecular weight excluding hydrogens is 222 g/mol. The van der Waals surface area contributed by atoms with Crippen molar-refractivity contribution < 1.29 is 14.7 Å². The average Bonchev–Trinajstić information content (AvgIpc) is 2.31. The summed E-state index contributed by atoms with van der Waals surface area (Å²) in [7, 11) is 0. The maximum absolute atomic E-state index is 10.8. The standard InChI is InChI=1S/C11H13NO3.H4N2/c1-8(13)12-10(11(14)15)7-9-5-3-2-4-6-9;1-2/h2-6,10H,7H2,1H3,(H,12,13)(H,14,15);1-2H2/t10-;/m0./s1. The van der Waals surface area contributed by atoms with Gasteiger partial charge in [0.1, 0.15) is 6.04 Å². The summed E-state index contributed by atoms with van der Waals surface area (Å²) < 4.78 is 0. The van der Waals surface area contributed by atoms with Gasteiger partial charge in [0.05, 0.1) is 0 Å². The Morgan fingerprint density at radius 2 is 1.82 bits per heavy atom. The van der Waals surface area contributed by atoms with E-state index in [0.717, 1.165) is 5.56 Å². The second-order valence-corrected chi connectivity index (χ2v) is 3.28. The van der Waals surface area contributed by atoms with Crippen LogP contribution in [0.2, 0.25) is 0 Å². The van der Waals surface area contributed by atoms with Crippen molar-refractivity contribution in [2.75, 3.05) is 0 Å². The van der Waals surface area contributed by atoms with Crippen LogP contribution in [0.25, 0.3) is 0 Å². The summed E-state index contributed by atoms with van der Waals surface area (Å²) >= 11 is 0. The number of carbonyl (C=O) groups is 2. The number of carboxylic acids is 1.